The second-order valence-corrected chi connectivity index (χ2v) is 7.09. The average molecular weight is 403 g/mol. The van der Waals surface area contributed by atoms with Crippen molar-refractivity contribution in [3.63, 3.8) is 0 Å². The van der Waals surface area contributed by atoms with E-state index in [4.69, 9.17) is 4.74 Å². The van der Waals surface area contributed by atoms with Gasteiger partial charge in [-0.3, -0.25) is 4.79 Å². The van der Waals surface area contributed by atoms with Gasteiger partial charge in [-0.05, 0) is 55.7 Å². The number of aliphatic hydroxyl groups is 1. The minimum atomic E-state index is -0.389. The molecule has 0 heterocycles. The maximum atomic E-state index is 12.7. The SMILES string of the molecule is C=CCCCC(O)CCC#CC(=O)c1cccc(OCc2ccccc2)c1CC=C. The Morgan fingerprint density at radius 2 is 1.87 bits per heavy atom. The molecule has 0 amide bonds. The number of ketones is 1. The van der Waals surface area contributed by atoms with E-state index in [1.165, 1.54) is 0 Å². The molecular formula is C27H30O3. The van der Waals surface area contributed by atoms with Crippen molar-refractivity contribution in [3.8, 4) is 17.6 Å². The summed E-state index contributed by atoms with van der Waals surface area (Å²) in [7, 11) is 0. The molecule has 3 heteroatoms. The first kappa shape index (κ1) is 23.2. The summed E-state index contributed by atoms with van der Waals surface area (Å²) in [5.41, 5.74) is 2.40. The molecule has 0 radical (unpaired) electrons. The number of carbonyl (C=O) groups excluding carboxylic acids is 1. The third-order valence-corrected chi connectivity index (χ3v) is 4.71. The summed E-state index contributed by atoms with van der Waals surface area (Å²) in [6.07, 6.45) is 7.34. The van der Waals surface area contributed by atoms with Crippen LogP contribution in [0.4, 0.5) is 0 Å². The Kier molecular flexibility index (Phi) is 10.2. The van der Waals surface area contributed by atoms with Crippen LogP contribution in [0, 0.1) is 11.8 Å². The Labute approximate surface area is 180 Å². The van der Waals surface area contributed by atoms with E-state index < -0.39 is 0 Å². The van der Waals surface area contributed by atoms with Gasteiger partial charge in [0.15, 0.2) is 0 Å². The zero-order valence-electron chi connectivity index (χ0n) is 17.5. The highest BCUT2D eigenvalue weighted by atomic mass is 16.5. The fourth-order valence-corrected chi connectivity index (χ4v) is 3.09. The summed E-state index contributed by atoms with van der Waals surface area (Å²) in [5.74, 6) is 6.05. The Bertz CT molecular complexity index is 887. The zero-order valence-corrected chi connectivity index (χ0v) is 17.5. The molecule has 0 aliphatic rings. The number of ether oxygens (including phenoxy) is 1. The van der Waals surface area contributed by atoms with Gasteiger partial charge in [-0.25, -0.2) is 0 Å². The number of hydrogen-bond acceptors (Lipinski definition) is 3. The smallest absolute Gasteiger partial charge is 0.236 e. The summed E-state index contributed by atoms with van der Waals surface area (Å²) >= 11 is 0. The minimum absolute atomic E-state index is 0.238. The molecule has 1 N–H and O–H groups in total. The lowest BCUT2D eigenvalue weighted by atomic mass is 9.99. The van der Waals surface area contributed by atoms with Crippen LogP contribution in [0.15, 0.2) is 73.8 Å². The lowest BCUT2D eigenvalue weighted by Gasteiger charge is -2.13. The third kappa shape index (κ3) is 7.73. The standard InChI is InChI=1S/C27H30O3/c1-3-5-7-16-23(28)17-10-11-19-26(29)24-18-12-20-27(25(24)13-4-2)30-21-22-14-8-6-9-15-22/h3-4,6,8-9,12,14-15,18,20,23,28H,1-2,5,7,10,13,16-17,21H2. The molecule has 0 fully saturated rings. The Balaban J connectivity index is 2.02. The summed E-state index contributed by atoms with van der Waals surface area (Å²) < 4.78 is 5.98. The van der Waals surface area contributed by atoms with Crippen molar-refractivity contribution >= 4 is 5.78 Å². The zero-order chi connectivity index (χ0) is 21.6. The van der Waals surface area contributed by atoms with Gasteiger partial charge in [-0.2, -0.15) is 0 Å². The summed E-state index contributed by atoms with van der Waals surface area (Å²) in [6.45, 7) is 7.91. The molecule has 0 saturated carbocycles. The van der Waals surface area contributed by atoms with E-state index in [1.807, 2.05) is 48.5 Å². The maximum Gasteiger partial charge on any atom is 0.236 e. The molecule has 2 rings (SSSR count). The molecule has 2 aromatic rings. The number of carbonyl (C=O) groups is 1. The minimum Gasteiger partial charge on any atom is -0.489 e. The molecule has 156 valence electrons. The van der Waals surface area contributed by atoms with Crippen LogP contribution in [0.1, 0.15) is 53.6 Å². The van der Waals surface area contributed by atoms with Crippen molar-refractivity contribution in [2.75, 3.05) is 0 Å². The Morgan fingerprint density at radius 3 is 2.60 bits per heavy atom. The summed E-state index contributed by atoms with van der Waals surface area (Å²) in [4.78, 5) is 12.7. The average Bonchev–Trinajstić information content (AvgIpc) is 2.77. The van der Waals surface area contributed by atoms with E-state index in [0.29, 0.717) is 37.2 Å². The number of Topliss-reactive ketones (excluding diaryl/α,β-unsaturated/α-hetero) is 1. The van der Waals surface area contributed by atoms with Crippen molar-refractivity contribution in [1.29, 1.82) is 0 Å². The monoisotopic (exact) mass is 402 g/mol. The third-order valence-electron chi connectivity index (χ3n) is 4.71. The van der Waals surface area contributed by atoms with E-state index in [9.17, 15) is 9.90 Å². The van der Waals surface area contributed by atoms with Crippen LogP contribution in [0.5, 0.6) is 5.75 Å². The molecule has 1 atom stereocenters. The van der Waals surface area contributed by atoms with Crippen molar-refractivity contribution in [3.05, 3.63) is 90.5 Å². The van der Waals surface area contributed by atoms with Gasteiger partial charge >= 0.3 is 0 Å². The van der Waals surface area contributed by atoms with E-state index in [2.05, 4.69) is 25.0 Å². The topological polar surface area (TPSA) is 46.5 Å². The fraction of sp³-hybridized carbons (Fsp3) is 0.296. The largest absolute Gasteiger partial charge is 0.489 e. The molecule has 0 aliphatic carbocycles. The first-order chi connectivity index (χ1) is 14.7. The van der Waals surface area contributed by atoms with E-state index in [-0.39, 0.29) is 11.9 Å². The molecule has 0 saturated heterocycles. The van der Waals surface area contributed by atoms with Crippen LogP contribution in [-0.4, -0.2) is 17.0 Å². The maximum absolute atomic E-state index is 12.7. The molecule has 1 unspecified atom stereocenters. The Hall–Kier alpha value is -3.09. The molecule has 0 aliphatic heterocycles. The summed E-state index contributed by atoms with van der Waals surface area (Å²) in [6, 6.07) is 15.3. The quantitative estimate of drug-likeness (QED) is 0.163. The number of unbranched alkanes of at least 4 members (excludes halogenated alkanes) is 1. The summed E-state index contributed by atoms with van der Waals surface area (Å²) in [5, 5.41) is 9.95. The van der Waals surface area contributed by atoms with Crippen LogP contribution in [0.3, 0.4) is 0 Å². The van der Waals surface area contributed by atoms with Gasteiger partial charge in [-0.15, -0.1) is 13.2 Å². The van der Waals surface area contributed by atoms with E-state index in [0.717, 1.165) is 30.4 Å². The fourth-order valence-electron chi connectivity index (χ4n) is 3.09. The van der Waals surface area contributed by atoms with Gasteiger partial charge in [-0.1, -0.05) is 54.5 Å². The highest BCUT2D eigenvalue weighted by molar-refractivity contribution is 6.10. The van der Waals surface area contributed by atoms with Gasteiger partial charge in [0.1, 0.15) is 12.4 Å². The predicted octanol–water partition coefficient (Wildman–Crippen LogP) is 5.68. The molecule has 3 nitrogen and oxygen atoms in total. The van der Waals surface area contributed by atoms with Crippen LogP contribution >= 0.6 is 0 Å². The first-order valence-electron chi connectivity index (χ1n) is 10.4. The first-order valence-corrected chi connectivity index (χ1v) is 10.4. The van der Waals surface area contributed by atoms with Crippen molar-refractivity contribution in [2.24, 2.45) is 0 Å². The van der Waals surface area contributed by atoms with Crippen molar-refractivity contribution in [2.45, 2.75) is 51.2 Å². The molecular weight excluding hydrogens is 372 g/mol. The molecule has 0 spiro atoms. The van der Waals surface area contributed by atoms with Gasteiger partial charge < -0.3 is 9.84 Å². The lowest BCUT2D eigenvalue weighted by molar-refractivity contribution is 0.105. The van der Waals surface area contributed by atoms with Crippen LogP contribution in [0.25, 0.3) is 0 Å². The molecule has 2 aromatic carbocycles. The second kappa shape index (κ2) is 13.2. The van der Waals surface area contributed by atoms with Crippen molar-refractivity contribution < 1.29 is 14.6 Å². The Morgan fingerprint density at radius 1 is 1.07 bits per heavy atom. The molecule has 0 bridgehead atoms. The lowest BCUT2D eigenvalue weighted by Crippen LogP contribution is -2.06. The van der Waals surface area contributed by atoms with Gasteiger partial charge in [0.2, 0.25) is 5.78 Å². The number of benzene rings is 2. The van der Waals surface area contributed by atoms with Gasteiger partial charge in [0.25, 0.3) is 0 Å². The van der Waals surface area contributed by atoms with E-state index >= 15 is 0 Å². The highest BCUT2D eigenvalue weighted by Crippen LogP contribution is 2.25. The highest BCUT2D eigenvalue weighted by Gasteiger charge is 2.14. The normalized spacial score (nSPS) is 11.1. The number of allylic oxidation sites excluding steroid dienone is 2. The molecule has 30 heavy (non-hydrogen) atoms. The van der Waals surface area contributed by atoms with E-state index in [1.54, 1.807) is 12.1 Å². The van der Waals surface area contributed by atoms with Crippen molar-refractivity contribution in [1.82, 2.24) is 0 Å². The molecule has 0 aromatic heterocycles. The van der Waals surface area contributed by atoms with Crippen LogP contribution in [0.2, 0.25) is 0 Å². The predicted molar refractivity (Wildman–Crippen MR) is 123 cm³/mol. The second-order valence-electron chi connectivity index (χ2n) is 7.09. The number of rotatable bonds is 12. The van der Waals surface area contributed by atoms with Gasteiger partial charge in [0, 0.05) is 17.5 Å². The number of aliphatic hydroxyl groups excluding tert-OH is 1. The van der Waals surface area contributed by atoms with Crippen LogP contribution in [-0.2, 0) is 13.0 Å². The number of hydrogen-bond donors (Lipinski definition) is 1. The van der Waals surface area contributed by atoms with Gasteiger partial charge in [0.05, 0.1) is 6.10 Å². The van der Waals surface area contributed by atoms with Crippen LogP contribution < -0.4 is 4.74 Å².